The van der Waals surface area contributed by atoms with Crippen LogP contribution in [-0.2, 0) is 4.79 Å². The second-order valence-electron chi connectivity index (χ2n) is 6.70. The predicted molar refractivity (Wildman–Crippen MR) is 128 cm³/mol. The fraction of sp³-hybridized carbons (Fsp3) is 0.174. The maximum Gasteiger partial charge on any atom is 0.234 e. The molecular weight excluding hydrogens is 442 g/mol. The molecule has 0 unspecified atom stereocenters. The summed E-state index contributed by atoms with van der Waals surface area (Å²) in [6.45, 7) is 4.40. The van der Waals surface area contributed by atoms with Gasteiger partial charge in [0, 0.05) is 18.0 Å². The largest absolute Gasteiger partial charge is 0.492 e. The van der Waals surface area contributed by atoms with E-state index in [0.717, 1.165) is 26.8 Å². The third-order valence-corrected chi connectivity index (χ3v) is 6.54. The van der Waals surface area contributed by atoms with Gasteiger partial charge in [-0.25, -0.2) is 4.98 Å². The molecule has 4 rings (SSSR count). The molecule has 0 bridgehead atoms. The van der Waals surface area contributed by atoms with Gasteiger partial charge >= 0.3 is 0 Å². The molecule has 0 spiro atoms. The van der Waals surface area contributed by atoms with Crippen molar-refractivity contribution in [1.82, 2.24) is 20.2 Å². The molecule has 4 aromatic rings. The van der Waals surface area contributed by atoms with Crippen LogP contribution in [-0.4, -0.2) is 38.4 Å². The molecule has 1 N–H and O–H groups in total. The molecule has 1 amide bonds. The fourth-order valence-corrected chi connectivity index (χ4v) is 4.58. The van der Waals surface area contributed by atoms with Crippen molar-refractivity contribution in [3.05, 3.63) is 66.6 Å². The number of aromatic nitrogens is 4. The van der Waals surface area contributed by atoms with Gasteiger partial charge in [0.1, 0.15) is 21.5 Å². The van der Waals surface area contributed by atoms with Gasteiger partial charge in [-0.2, -0.15) is 0 Å². The van der Waals surface area contributed by atoms with Crippen LogP contribution in [0.25, 0.3) is 21.1 Å². The summed E-state index contributed by atoms with van der Waals surface area (Å²) in [5.74, 6) is 0.745. The standard InChI is InChI=1S/C23H21N5O2S2/c1-3-30-19-9-5-4-8-17(19)26-20(29)14-31-21-11-10-18(27-28-21)22-15(2)25-23(32-22)16-7-6-12-24-13-16/h4-13H,3,14H2,1-2H3,(H,26,29). The number of para-hydroxylation sites is 2. The Balaban J connectivity index is 1.39. The lowest BCUT2D eigenvalue weighted by Crippen LogP contribution is -2.15. The van der Waals surface area contributed by atoms with Crippen LogP contribution in [0.5, 0.6) is 5.75 Å². The number of ether oxygens (including phenoxy) is 1. The first-order valence-corrected chi connectivity index (χ1v) is 11.8. The summed E-state index contributed by atoms with van der Waals surface area (Å²) in [5.41, 5.74) is 3.29. The third kappa shape index (κ3) is 5.30. The molecule has 0 atom stereocenters. The summed E-state index contributed by atoms with van der Waals surface area (Å²) in [5, 5.41) is 13.1. The lowest BCUT2D eigenvalue weighted by Gasteiger charge is -2.10. The van der Waals surface area contributed by atoms with Gasteiger partial charge in [-0.1, -0.05) is 23.9 Å². The zero-order valence-electron chi connectivity index (χ0n) is 17.6. The Bertz CT molecular complexity index is 1200. The van der Waals surface area contributed by atoms with Gasteiger partial charge in [0.05, 0.1) is 28.6 Å². The molecular formula is C23H21N5O2S2. The van der Waals surface area contributed by atoms with Crippen LogP contribution in [0.2, 0.25) is 0 Å². The molecule has 3 aromatic heterocycles. The molecule has 9 heteroatoms. The predicted octanol–water partition coefficient (Wildman–Crippen LogP) is 5.10. The van der Waals surface area contributed by atoms with Gasteiger partial charge < -0.3 is 10.1 Å². The Labute approximate surface area is 194 Å². The van der Waals surface area contributed by atoms with Crippen molar-refractivity contribution in [3.63, 3.8) is 0 Å². The summed E-state index contributed by atoms with van der Waals surface area (Å²) >= 11 is 2.89. The molecule has 0 aliphatic carbocycles. The highest BCUT2D eigenvalue weighted by Gasteiger charge is 2.14. The molecule has 0 radical (unpaired) electrons. The number of hydrogen-bond donors (Lipinski definition) is 1. The quantitative estimate of drug-likeness (QED) is 0.364. The molecule has 0 saturated heterocycles. The highest BCUT2D eigenvalue weighted by molar-refractivity contribution is 7.99. The second kappa shape index (κ2) is 10.3. The van der Waals surface area contributed by atoms with Crippen LogP contribution in [0.1, 0.15) is 12.6 Å². The number of aryl methyl sites for hydroxylation is 1. The molecule has 0 aliphatic rings. The Morgan fingerprint density at radius 3 is 2.75 bits per heavy atom. The SMILES string of the molecule is CCOc1ccccc1NC(=O)CSc1ccc(-c2sc(-c3cccnc3)nc2C)nn1. The zero-order chi connectivity index (χ0) is 22.3. The number of anilines is 1. The van der Waals surface area contributed by atoms with E-state index in [-0.39, 0.29) is 11.7 Å². The Morgan fingerprint density at radius 2 is 2.00 bits per heavy atom. The number of nitrogens with zero attached hydrogens (tertiary/aromatic N) is 4. The highest BCUT2D eigenvalue weighted by Crippen LogP contribution is 2.34. The lowest BCUT2D eigenvalue weighted by molar-refractivity contribution is -0.113. The average Bonchev–Trinajstić information content (AvgIpc) is 3.22. The normalized spacial score (nSPS) is 10.7. The van der Waals surface area contributed by atoms with Crippen LogP contribution in [0, 0.1) is 6.92 Å². The fourth-order valence-electron chi connectivity index (χ4n) is 2.94. The van der Waals surface area contributed by atoms with Crippen LogP contribution >= 0.6 is 23.1 Å². The second-order valence-corrected chi connectivity index (χ2v) is 8.69. The van der Waals surface area contributed by atoms with Crippen molar-refractivity contribution in [2.45, 2.75) is 18.9 Å². The van der Waals surface area contributed by atoms with E-state index < -0.39 is 0 Å². The van der Waals surface area contributed by atoms with E-state index >= 15 is 0 Å². The minimum Gasteiger partial charge on any atom is -0.492 e. The van der Waals surface area contributed by atoms with E-state index in [0.29, 0.717) is 23.1 Å². The zero-order valence-corrected chi connectivity index (χ0v) is 19.2. The van der Waals surface area contributed by atoms with E-state index in [4.69, 9.17) is 4.74 Å². The first-order valence-electron chi connectivity index (χ1n) is 10.0. The average molecular weight is 464 g/mol. The number of benzene rings is 1. The molecule has 162 valence electrons. The Hall–Kier alpha value is -3.30. The maximum absolute atomic E-state index is 12.4. The topological polar surface area (TPSA) is 89.9 Å². The smallest absolute Gasteiger partial charge is 0.234 e. The highest BCUT2D eigenvalue weighted by atomic mass is 32.2. The van der Waals surface area contributed by atoms with Crippen LogP contribution in [0.15, 0.2) is 66.0 Å². The number of carbonyl (C=O) groups is 1. The van der Waals surface area contributed by atoms with Crippen molar-refractivity contribution < 1.29 is 9.53 Å². The van der Waals surface area contributed by atoms with E-state index in [1.54, 1.807) is 23.7 Å². The van der Waals surface area contributed by atoms with E-state index in [2.05, 4.69) is 25.5 Å². The van der Waals surface area contributed by atoms with Gasteiger partial charge in [0.15, 0.2) is 0 Å². The molecule has 0 aliphatic heterocycles. The van der Waals surface area contributed by atoms with E-state index in [1.807, 2.05) is 62.4 Å². The Morgan fingerprint density at radius 1 is 1.12 bits per heavy atom. The Kier molecular flexibility index (Phi) is 7.08. The van der Waals surface area contributed by atoms with Crippen molar-refractivity contribution in [1.29, 1.82) is 0 Å². The first kappa shape index (κ1) is 21.9. The number of pyridine rings is 1. The van der Waals surface area contributed by atoms with E-state index in [1.165, 1.54) is 11.8 Å². The molecule has 3 heterocycles. The first-order chi connectivity index (χ1) is 15.6. The molecule has 0 fully saturated rings. The van der Waals surface area contributed by atoms with Gasteiger partial charge in [-0.05, 0) is 50.2 Å². The number of rotatable bonds is 8. The number of hydrogen-bond acceptors (Lipinski definition) is 8. The van der Waals surface area contributed by atoms with Gasteiger partial charge in [0.25, 0.3) is 0 Å². The van der Waals surface area contributed by atoms with Gasteiger partial charge in [0.2, 0.25) is 5.91 Å². The number of thiazole rings is 1. The summed E-state index contributed by atoms with van der Waals surface area (Å²) < 4.78 is 5.54. The monoisotopic (exact) mass is 463 g/mol. The van der Waals surface area contributed by atoms with E-state index in [9.17, 15) is 4.79 Å². The number of nitrogens with one attached hydrogen (secondary N) is 1. The van der Waals surface area contributed by atoms with Crippen molar-refractivity contribution in [2.24, 2.45) is 0 Å². The van der Waals surface area contributed by atoms with Crippen LogP contribution in [0.3, 0.4) is 0 Å². The third-order valence-electron chi connectivity index (χ3n) is 4.39. The minimum atomic E-state index is -0.132. The van der Waals surface area contributed by atoms with Crippen LogP contribution in [0.4, 0.5) is 5.69 Å². The summed E-state index contributed by atoms with van der Waals surface area (Å²) in [4.78, 5) is 22.1. The maximum atomic E-state index is 12.4. The number of thioether (sulfide) groups is 1. The minimum absolute atomic E-state index is 0.132. The summed E-state index contributed by atoms with van der Waals surface area (Å²) in [7, 11) is 0. The van der Waals surface area contributed by atoms with Crippen molar-refractivity contribution in [2.75, 3.05) is 17.7 Å². The van der Waals surface area contributed by atoms with Crippen molar-refractivity contribution >= 4 is 34.7 Å². The lowest BCUT2D eigenvalue weighted by atomic mass is 10.3. The van der Waals surface area contributed by atoms with Gasteiger partial charge in [-0.3, -0.25) is 9.78 Å². The molecule has 7 nitrogen and oxygen atoms in total. The number of carbonyl (C=O) groups excluding carboxylic acids is 1. The van der Waals surface area contributed by atoms with Crippen molar-refractivity contribution in [3.8, 4) is 26.9 Å². The van der Waals surface area contributed by atoms with Crippen LogP contribution < -0.4 is 10.1 Å². The summed E-state index contributed by atoms with van der Waals surface area (Å²) in [6.07, 6.45) is 3.54. The number of amides is 1. The summed E-state index contributed by atoms with van der Waals surface area (Å²) in [6, 6.07) is 15.0. The molecule has 0 saturated carbocycles. The molecule has 1 aromatic carbocycles. The van der Waals surface area contributed by atoms with Gasteiger partial charge in [-0.15, -0.1) is 21.5 Å². The molecule has 32 heavy (non-hydrogen) atoms.